The zero-order valence-electron chi connectivity index (χ0n) is 6.25. The van der Waals surface area contributed by atoms with Crippen LogP contribution in [-0.2, 0) is 6.54 Å². The maximum absolute atomic E-state index is 12.5. The molecule has 4 heteroatoms. The highest BCUT2D eigenvalue weighted by atomic mass is 19.1. The summed E-state index contributed by atoms with van der Waals surface area (Å²) in [5.74, 6) is -1.72. The van der Waals surface area contributed by atoms with Crippen LogP contribution in [-0.4, -0.2) is 11.1 Å². The third kappa shape index (κ3) is 1.60. The number of hydrogen-bond donors (Lipinski definition) is 2. The second-order valence-electron chi connectivity index (χ2n) is 2.31. The largest absolute Gasteiger partial charge is 0.478 e. The summed E-state index contributed by atoms with van der Waals surface area (Å²) in [5.41, 5.74) is 5.62. The maximum Gasteiger partial charge on any atom is 0.336 e. The van der Waals surface area contributed by atoms with Crippen LogP contribution in [0.15, 0.2) is 18.2 Å². The fourth-order valence-corrected chi connectivity index (χ4v) is 0.926. The average molecular weight is 169 g/mol. The molecule has 0 radical (unpaired) electrons. The molecule has 12 heavy (non-hydrogen) atoms. The minimum absolute atomic E-state index is 0.0718. The first-order valence-electron chi connectivity index (χ1n) is 3.37. The first-order chi connectivity index (χ1) is 5.65. The zero-order chi connectivity index (χ0) is 9.14. The Bertz CT molecular complexity index is 312. The molecule has 0 unspecified atom stereocenters. The molecule has 0 aliphatic heterocycles. The van der Waals surface area contributed by atoms with E-state index in [2.05, 4.69) is 0 Å². The Labute approximate surface area is 68.6 Å². The summed E-state index contributed by atoms with van der Waals surface area (Å²) in [5, 5.41) is 8.60. The number of carboxylic acids is 1. The van der Waals surface area contributed by atoms with Gasteiger partial charge in [0.05, 0.1) is 5.56 Å². The Balaban J connectivity index is 3.21. The van der Waals surface area contributed by atoms with Gasteiger partial charge in [-0.15, -0.1) is 0 Å². The smallest absolute Gasteiger partial charge is 0.336 e. The average Bonchev–Trinajstić information content (AvgIpc) is 2.04. The number of aromatic carboxylic acids is 1. The lowest BCUT2D eigenvalue weighted by Crippen LogP contribution is -2.07. The van der Waals surface area contributed by atoms with E-state index < -0.39 is 11.8 Å². The molecule has 0 heterocycles. The van der Waals surface area contributed by atoms with Crippen LogP contribution in [0.5, 0.6) is 0 Å². The van der Waals surface area contributed by atoms with Crippen molar-refractivity contribution in [3.05, 3.63) is 35.1 Å². The van der Waals surface area contributed by atoms with Gasteiger partial charge in [0.1, 0.15) is 5.82 Å². The number of rotatable bonds is 2. The normalized spacial score (nSPS) is 9.83. The molecule has 0 aromatic heterocycles. The van der Waals surface area contributed by atoms with Crippen LogP contribution in [0.4, 0.5) is 4.39 Å². The molecule has 0 atom stereocenters. The summed E-state index contributed by atoms with van der Waals surface area (Å²) in [6, 6.07) is 3.53. The Kier molecular flexibility index (Phi) is 2.40. The molecule has 0 saturated heterocycles. The minimum atomic E-state index is -1.16. The van der Waals surface area contributed by atoms with Crippen molar-refractivity contribution in [3.63, 3.8) is 0 Å². The predicted molar refractivity (Wildman–Crippen MR) is 41.3 cm³/mol. The van der Waals surface area contributed by atoms with Crippen LogP contribution < -0.4 is 5.73 Å². The van der Waals surface area contributed by atoms with E-state index in [4.69, 9.17) is 10.8 Å². The van der Waals surface area contributed by atoms with Crippen molar-refractivity contribution in [2.24, 2.45) is 5.73 Å². The summed E-state index contributed by atoms with van der Waals surface area (Å²) in [6.07, 6.45) is 0. The molecule has 0 fully saturated rings. The number of hydrogen-bond acceptors (Lipinski definition) is 2. The lowest BCUT2D eigenvalue weighted by molar-refractivity contribution is 0.0695. The van der Waals surface area contributed by atoms with Gasteiger partial charge in [-0.25, -0.2) is 9.18 Å². The molecule has 0 saturated carbocycles. The highest BCUT2D eigenvalue weighted by molar-refractivity contribution is 5.89. The highest BCUT2D eigenvalue weighted by Gasteiger charge is 2.09. The van der Waals surface area contributed by atoms with Crippen LogP contribution in [0.1, 0.15) is 15.9 Å². The van der Waals surface area contributed by atoms with Crippen LogP contribution in [0.2, 0.25) is 0 Å². The van der Waals surface area contributed by atoms with E-state index >= 15 is 0 Å². The second kappa shape index (κ2) is 3.32. The predicted octanol–water partition coefficient (Wildman–Crippen LogP) is 0.983. The van der Waals surface area contributed by atoms with Gasteiger partial charge in [0, 0.05) is 6.54 Å². The SMILES string of the molecule is NCc1ccc(F)cc1C(=O)O. The molecule has 1 aromatic carbocycles. The van der Waals surface area contributed by atoms with E-state index in [1.54, 1.807) is 0 Å². The van der Waals surface area contributed by atoms with Crippen molar-refractivity contribution < 1.29 is 14.3 Å². The molecule has 0 aliphatic carbocycles. The van der Waals surface area contributed by atoms with Crippen molar-refractivity contribution in [1.29, 1.82) is 0 Å². The fraction of sp³-hybridized carbons (Fsp3) is 0.125. The molecule has 64 valence electrons. The lowest BCUT2D eigenvalue weighted by Gasteiger charge is -2.01. The first kappa shape index (κ1) is 8.67. The van der Waals surface area contributed by atoms with E-state index in [1.165, 1.54) is 12.1 Å². The molecule has 1 rings (SSSR count). The van der Waals surface area contributed by atoms with Gasteiger partial charge in [0.15, 0.2) is 0 Å². The van der Waals surface area contributed by atoms with Gasteiger partial charge in [-0.2, -0.15) is 0 Å². The Morgan fingerprint density at radius 1 is 1.58 bits per heavy atom. The van der Waals surface area contributed by atoms with Crippen molar-refractivity contribution in [3.8, 4) is 0 Å². The quantitative estimate of drug-likeness (QED) is 0.693. The van der Waals surface area contributed by atoms with E-state index in [0.29, 0.717) is 5.56 Å². The Morgan fingerprint density at radius 2 is 2.25 bits per heavy atom. The molecule has 3 N–H and O–H groups in total. The summed E-state index contributed by atoms with van der Waals surface area (Å²) < 4.78 is 12.5. The maximum atomic E-state index is 12.5. The topological polar surface area (TPSA) is 63.3 Å². The van der Waals surface area contributed by atoms with Gasteiger partial charge in [0.25, 0.3) is 0 Å². The van der Waals surface area contributed by atoms with Crippen LogP contribution in [0, 0.1) is 5.82 Å². The van der Waals surface area contributed by atoms with Crippen molar-refractivity contribution in [1.82, 2.24) is 0 Å². The number of benzene rings is 1. The van der Waals surface area contributed by atoms with Gasteiger partial charge in [0.2, 0.25) is 0 Å². The standard InChI is InChI=1S/C8H8FNO2/c9-6-2-1-5(4-10)7(3-6)8(11)12/h1-3H,4,10H2,(H,11,12). The zero-order valence-corrected chi connectivity index (χ0v) is 6.25. The van der Waals surface area contributed by atoms with E-state index in [1.807, 2.05) is 0 Å². The van der Waals surface area contributed by atoms with E-state index in [9.17, 15) is 9.18 Å². The minimum Gasteiger partial charge on any atom is -0.478 e. The Morgan fingerprint density at radius 3 is 2.75 bits per heavy atom. The monoisotopic (exact) mass is 169 g/mol. The molecule has 3 nitrogen and oxygen atoms in total. The van der Waals surface area contributed by atoms with E-state index in [0.717, 1.165) is 6.07 Å². The summed E-state index contributed by atoms with van der Waals surface area (Å²) in [7, 11) is 0. The molecular formula is C8H8FNO2. The molecule has 0 bridgehead atoms. The van der Waals surface area contributed by atoms with Crippen LogP contribution in [0.25, 0.3) is 0 Å². The number of halogens is 1. The summed E-state index contributed by atoms with van der Waals surface area (Å²) >= 11 is 0. The van der Waals surface area contributed by atoms with Gasteiger partial charge in [-0.05, 0) is 17.7 Å². The Hall–Kier alpha value is -1.42. The summed E-state index contributed by atoms with van der Waals surface area (Å²) in [4.78, 5) is 10.5. The molecule has 1 aromatic rings. The van der Waals surface area contributed by atoms with Crippen molar-refractivity contribution >= 4 is 5.97 Å². The summed E-state index contributed by atoms with van der Waals surface area (Å²) in [6.45, 7) is 0.0991. The molecular weight excluding hydrogens is 161 g/mol. The lowest BCUT2D eigenvalue weighted by atomic mass is 10.1. The molecule has 0 spiro atoms. The first-order valence-corrected chi connectivity index (χ1v) is 3.37. The van der Waals surface area contributed by atoms with Gasteiger partial charge < -0.3 is 10.8 Å². The van der Waals surface area contributed by atoms with Crippen molar-refractivity contribution in [2.45, 2.75) is 6.54 Å². The van der Waals surface area contributed by atoms with Gasteiger partial charge in [-0.3, -0.25) is 0 Å². The molecule has 0 aliphatic rings. The third-order valence-corrected chi connectivity index (χ3v) is 1.52. The van der Waals surface area contributed by atoms with E-state index in [-0.39, 0.29) is 12.1 Å². The van der Waals surface area contributed by atoms with Crippen molar-refractivity contribution in [2.75, 3.05) is 0 Å². The van der Waals surface area contributed by atoms with Gasteiger partial charge >= 0.3 is 5.97 Å². The number of nitrogens with two attached hydrogens (primary N) is 1. The fourth-order valence-electron chi connectivity index (χ4n) is 0.926. The third-order valence-electron chi connectivity index (χ3n) is 1.52. The van der Waals surface area contributed by atoms with Gasteiger partial charge in [-0.1, -0.05) is 6.07 Å². The van der Waals surface area contributed by atoms with Crippen LogP contribution >= 0.6 is 0 Å². The molecule has 0 amide bonds. The highest BCUT2D eigenvalue weighted by Crippen LogP contribution is 2.10. The second-order valence-corrected chi connectivity index (χ2v) is 2.31. The number of carbonyl (C=O) groups is 1. The number of carboxylic acid groups (broad SMARTS) is 1. The van der Waals surface area contributed by atoms with Crippen LogP contribution in [0.3, 0.4) is 0 Å².